The molecule has 0 aliphatic rings. The van der Waals surface area contributed by atoms with Crippen LogP contribution >= 0.6 is 0 Å². The second-order valence-electron chi connectivity index (χ2n) is 1.51. The number of carbonyl (C=O) groups is 1. The van der Waals surface area contributed by atoms with Crippen molar-refractivity contribution < 1.29 is 18.3 Å². The number of rotatable bonds is 2. The van der Waals surface area contributed by atoms with E-state index in [1.807, 2.05) is 0 Å². The molecule has 0 unspecified atom stereocenters. The zero-order valence-electron chi connectivity index (χ0n) is 4.79. The van der Waals surface area contributed by atoms with E-state index in [1.54, 1.807) is 0 Å². The topological polar surface area (TPSA) is 71.4 Å². The molecule has 0 atom stereocenters. The maximum Gasteiger partial charge on any atom is 0.308 e. The Labute approximate surface area is 53.7 Å². The molecule has 0 radical (unpaired) electrons. The molecule has 0 aromatic rings. The molecule has 0 saturated heterocycles. The Morgan fingerprint density at radius 3 is 2.11 bits per heavy atom. The predicted octanol–water partition coefficient (Wildman–Crippen LogP) is -0.467. The second kappa shape index (κ2) is 3.24. The molecule has 9 heavy (non-hydrogen) atoms. The Hall–Kier alpha value is -0.840. The molecule has 0 aromatic carbocycles. The van der Waals surface area contributed by atoms with E-state index < -0.39 is 22.7 Å². The number of carboxylic acid groups (broad SMARTS) is 1. The number of carboxylic acids is 1. The van der Waals surface area contributed by atoms with Crippen LogP contribution in [-0.2, 0) is 15.1 Å². The quantitative estimate of drug-likeness (QED) is 0.540. The van der Waals surface area contributed by atoms with Crippen molar-refractivity contribution >= 4 is 21.1 Å². The maximum absolute atomic E-state index is 9.93. The smallest absolute Gasteiger partial charge is 0.308 e. The Kier molecular flexibility index (Phi) is 2.94. The van der Waals surface area contributed by atoms with Crippen molar-refractivity contribution in [3.05, 3.63) is 0 Å². The lowest BCUT2D eigenvalue weighted by atomic mass is 10.3. The summed E-state index contributed by atoms with van der Waals surface area (Å²) in [6.45, 7) is 1.26. The van der Waals surface area contributed by atoms with E-state index in [1.165, 1.54) is 6.92 Å². The van der Waals surface area contributed by atoms with Crippen molar-refractivity contribution in [3.8, 4) is 0 Å². The van der Waals surface area contributed by atoms with Gasteiger partial charge >= 0.3 is 5.97 Å². The number of aliphatic carboxylic acids is 1. The van der Waals surface area contributed by atoms with Crippen LogP contribution in [0.5, 0.6) is 0 Å². The van der Waals surface area contributed by atoms with Gasteiger partial charge in [0, 0.05) is 0 Å². The lowest BCUT2D eigenvalue weighted by Gasteiger charge is -1.84. The molecule has 1 N–H and O–H groups in total. The van der Waals surface area contributed by atoms with Gasteiger partial charge in [-0.2, -0.15) is 8.42 Å². The van der Waals surface area contributed by atoms with Crippen molar-refractivity contribution in [2.45, 2.75) is 13.3 Å². The van der Waals surface area contributed by atoms with Crippen LogP contribution in [0.15, 0.2) is 0 Å². The zero-order valence-corrected chi connectivity index (χ0v) is 5.60. The van der Waals surface area contributed by atoms with Crippen LogP contribution in [0.4, 0.5) is 0 Å². The van der Waals surface area contributed by atoms with Gasteiger partial charge in [0.05, 0.1) is 11.3 Å². The Balaban J connectivity index is 4.28. The minimum Gasteiger partial charge on any atom is -0.481 e. The molecule has 5 heteroatoms. The van der Waals surface area contributed by atoms with Crippen LogP contribution in [0, 0.1) is 0 Å². The first-order valence-electron chi connectivity index (χ1n) is 2.17. The summed E-state index contributed by atoms with van der Waals surface area (Å²) in [6, 6.07) is 0. The van der Waals surface area contributed by atoms with Crippen LogP contribution in [0.3, 0.4) is 0 Å². The van der Waals surface area contributed by atoms with E-state index in [0.717, 1.165) is 0 Å². The molecule has 0 bridgehead atoms. The molecule has 0 heterocycles. The minimum atomic E-state index is -2.35. The SMILES string of the molecule is CC(CC(=O)O)=S(=O)=O. The average molecular weight is 150 g/mol. The van der Waals surface area contributed by atoms with Gasteiger partial charge in [-0.25, -0.2) is 0 Å². The van der Waals surface area contributed by atoms with Gasteiger partial charge in [-0.05, 0) is 6.92 Å². The Bertz CT molecular complexity index is 227. The van der Waals surface area contributed by atoms with Crippen LogP contribution in [0.1, 0.15) is 13.3 Å². The molecule has 0 spiro atoms. The standard InChI is InChI=1S/C4H6O4S/c1-3(9(7)8)2-4(5)6/h2H2,1H3,(H,5,6). The highest BCUT2D eigenvalue weighted by Gasteiger charge is 1.99. The van der Waals surface area contributed by atoms with Crippen molar-refractivity contribution in [2.75, 3.05) is 0 Å². The highest BCUT2D eigenvalue weighted by molar-refractivity contribution is 7.73. The van der Waals surface area contributed by atoms with Crippen LogP contribution in [-0.4, -0.2) is 24.4 Å². The lowest BCUT2D eigenvalue weighted by molar-refractivity contribution is -0.135. The summed E-state index contributed by atoms with van der Waals surface area (Å²) in [5.74, 6) is -1.13. The average Bonchev–Trinajstić information content (AvgIpc) is 1.63. The van der Waals surface area contributed by atoms with E-state index in [2.05, 4.69) is 0 Å². The third-order valence-electron chi connectivity index (χ3n) is 0.685. The molecule has 0 aliphatic carbocycles. The van der Waals surface area contributed by atoms with Crippen LogP contribution in [0.2, 0.25) is 0 Å². The summed E-state index contributed by atoms with van der Waals surface area (Å²) >= 11 is 0. The monoisotopic (exact) mass is 150 g/mol. The maximum atomic E-state index is 9.93. The first-order valence-corrected chi connectivity index (χ1v) is 3.25. The van der Waals surface area contributed by atoms with Crippen LogP contribution in [0.25, 0.3) is 0 Å². The second-order valence-corrected chi connectivity index (χ2v) is 2.67. The van der Waals surface area contributed by atoms with Gasteiger partial charge < -0.3 is 5.11 Å². The largest absolute Gasteiger partial charge is 0.481 e. The fraction of sp³-hybridized carbons (Fsp3) is 0.500. The molecule has 52 valence electrons. The molecule has 0 aliphatic heterocycles. The fourth-order valence-corrected chi connectivity index (χ4v) is 0.513. The van der Waals surface area contributed by atoms with Crippen molar-refractivity contribution in [2.24, 2.45) is 0 Å². The van der Waals surface area contributed by atoms with Gasteiger partial charge in [0.25, 0.3) is 0 Å². The van der Waals surface area contributed by atoms with Crippen molar-refractivity contribution in [3.63, 3.8) is 0 Å². The van der Waals surface area contributed by atoms with Crippen molar-refractivity contribution in [1.82, 2.24) is 0 Å². The van der Waals surface area contributed by atoms with E-state index in [9.17, 15) is 13.2 Å². The van der Waals surface area contributed by atoms with Gasteiger partial charge in [-0.15, -0.1) is 0 Å². The fourth-order valence-electron chi connectivity index (χ4n) is 0.272. The normalized spacial score (nSPS) is 8.56. The Morgan fingerprint density at radius 2 is 2.00 bits per heavy atom. The predicted molar refractivity (Wildman–Crippen MR) is 31.9 cm³/mol. The highest BCUT2D eigenvalue weighted by atomic mass is 32.2. The highest BCUT2D eigenvalue weighted by Crippen LogP contribution is 1.80. The van der Waals surface area contributed by atoms with Crippen LogP contribution < -0.4 is 0 Å². The zero-order chi connectivity index (χ0) is 7.44. The summed E-state index contributed by atoms with van der Waals surface area (Å²) in [5, 5.41) is 8.04. The van der Waals surface area contributed by atoms with Gasteiger partial charge in [-0.1, -0.05) is 0 Å². The first-order chi connectivity index (χ1) is 4.04. The van der Waals surface area contributed by atoms with E-state index in [-0.39, 0.29) is 4.86 Å². The molecule has 0 rings (SSSR count). The summed E-state index contributed by atoms with van der Waals surface area (Å²) in [7, 11) is -2.35. The molecular formula is C4H6O4S. The molecule has 4 nitrogen and oxygen atoms in total. The molecule has 0 aromatic heterocycles. The summed E-state index contributed by atoms with van der Waals surface area (Å²) in [4.78, 5) is 9.77. The van der Waals surface area contributed by atoms with Gasteiger partial charge in [0.2, 0.25) is 10.3 Å². The molecule has 0 amide bonds. The summed E-state index contributed by atoms with van der Waals surface area (Å²) in [6.07, 6.45) is -0.407. The molecule has 0 saturated carbocycles. The Morgan fingerprint density at radius 1 is 1.56 bits per heavy atom. The van der Waals surface area contributed by atoms with E-state index >= 15 is 0 Å². The van der Waals surface area contributed by atoms with E-state index in [0.29, 0.717) is 0 Å². The van der Waals surface area contributed by atoms with Crippen molar-refractivity contribution in [1.29, 1.82) is 0 Å². The summed E-state index contributed by atoms with van der Waals surface area (Å²) in [5.41, 5.74) is 0. The third-order valence-corrected chi connectivity index (χ3v) is 1.40. The van der Waals surface area contributed by atoms with Gasteiger partial charge in [0.1, 0.15) is 0 Å². The molecular weight excluding hydrogens is 144 g/mol. The van der Waals surface area contributed by atoms with E-state index in [4.69, 9.17) is 5.11 Å². The minimum absolute atomic E-state index is 0.0532. The van der Waals surface area contributed by atoms with Gasteiger partial charge in [-0.3, -0.25) is 4.79 Å². The van der Waals surface area contributed by atoms with Gasteiger partial charge in [0.15, 0.2) is 0 Å². The third kappa shape index (κ3) is 3.72. The molecule has 0 fully saturated rings. The summed E-state index contributed by atoms with van der Waals surface area (Å²) < 4.78 is 19.9. The number of hydrogen-bond acceptors (Lipinski definition) is 3. The first kappa shape index (κ1) is 8.16. The number of hydrogen-bond donors (Lipinski definition) is 1. The lowest BCUT2D eigenvalue weighted by Crippen LogP contribution is -2.03.